The molecule has 0 aliphatic carbocycles. The first kappa shape index (κ1) is 12.3. The molecule has 1 unspecified atom stereocenters. The van der Waals surface area contributed by atoms with E-state index in [4.69, 9.17) is 9.47 Å². The van der Waals surface area contributed by atoms with Crippen molar-refractivity contribution in [2.75, 3.05) is 0 Å². The lowest BCUT2D eigenvalue weighted by molar-refractivity contribution is 0.0476. The van der Waals surface area contributed by atoms with Gasteiger partial charge in [-0.05, 0) is 17.7 Å². The number of rotatable bonds is 4. The quantitative estimate of drug-likeness (QED) is 0.631. The highest BCUT2D eigenvalue weighted by Crippen LogP contribution is 2.42. The summed E-state index contributed by atoms with van der Waals surface area (Å²) in [6, 6.07) is 12.4. The lowest BCUT2D eigenvalue weighted by Crippen LogP contribution is -2.10. The Hall–Kier alpha value is -2.69. The van der Waals surface area contributed by atoms with Crippen molar-refractivity contribution in [3.8, 4) is 11.5 Å². The van der Waals surface area contributed by atoms with Gasteiger partial charge < -0.3 is 9.47 Å². The average molecular weight is 269 g/mol. The molecule has 0 saturated carbocycles. The van der Waals surface area contributed by atoms with Crippen LogP contribution in [0.2, 0.25) is 0 Å². The maximum Gasteiger partial charge on any atom is 0.268 e. The zero-order valence-corrected chi connectivity index (χ0v) is 10.5. The van der Waals surface area contributed by atoms with Gasteiger partial charge in [-0.15, -0.1) is 0 Å². The fourth-order valence-corrected chi connectivity index (χ4v) is 2.20. The summed E-state index contributed by atoms with van der Waals surface area (Å²) >= 11 is 0. The van der Waals surface area contributed by atoms with Crippen LogP contribution in [0.3, 0.4) is 0 Å². The van der Waals surface area contributed by atoms with E-state index in [9.17, 15) is 9.70 Å². The molecule has 3 rings (SSSR count). The van der Waals surface area contributed by atoms with Gasteiger partial charge in [0.25, 0.3) is 6.29 Å². The van der Waals surface area contributed by atoms with Crippen LogP contribution in [0.5, 0.6) is 11.5 Å². The summed E-state index contributed by atoms with van der Waals surface area (Å²) in [5, 5.41) is 2.90. The summed E-state index contributed by atoms with van der Waals surface area (Å²) in [4.78, 5) is 21.5. The SMILES string of the molecule is O=Cc1cccc2c1OC(c1ccccc1CN=O)O2. The van der Waals surface area contributed by atoms with Crippen molar-refractivity contribution in [2.45, 2.75) is 12.8 Å². The maximum absolute atomic E-state index is 11.0. The van der Waals surface area contributed by atoms with Crippen molar-refractivity contribution >= 4 is 6.29 Å². The molecule has 1 aliphatic rings. The van der Waals surface area contributed by atoms with Crippen LogP contribution in [0, 0.1) is 4.91 Å². The molecule has 0 fully saturated rings. The van der Waals surface area contributed by atoms with Crippen molar-refractivity contribution in [2.24, 2.45) is 5.18 Å². The normalized spacial score (nSPS) is 15.9. The number of para-hydroxylation sites is 1. The first-order valence-electron chi connectivity index (χ1n) is 6.12. The Labute approximate surface area is 115 Å². The molecule has 2 aromatic rings. The van der Waals surface area contributed by atoms with Crippen LogP contribution in [0.15, 0.2) is 47.6 Å². The highest BCUT2D eigenvalue weighted by Gasteiger charge is 2.29. The zero-order valence-electron chi connectivity index (χ0n) is 10.5. The highest BCUT2D eigenvalue weighted by molar-refractivity contribution is 5.81. The number of nitroso groups, excluding NO2 is 1. The molecule has 1 atom stereocenters. The molecule has 0 bridgehead atoms. The Morgan fingerprint density at radius 1 is 1.10 bits per heavy atom. The number of nitrogens with zero attached hydrogens (tertiary/aromatic N) is 1. The average Bonchev–Trinajstić information content (AvgIpc) is 2.92. The summed E-state index contributed by atoms with van der Waals surface area (Å²) in [6.07, 6.45) is 0.0627. The Bertz CT molecular complexity index is 669. The number of carbonyl (C=O) groups excluding carboxylic acids is 1. The number of fused-ring (bicyclic) bond motifs is 1. The highest BCUT2D eigenvalue weighted by atomic mass is 16.7. The van der Waals surface area contributed by atoms with Crippen molar-refractivity contribution < 1.29 is 14.3 Å². The summed E-state index contributed by atoms with van der Waals surface area (Å²) in [6.45, 7) is 0.0519. The van der Waals surface area contributed by atoms with E-state index in [0.29, 0.717) is 17.1 Å². The largest absolute Gasteiger partial charge is 0.447 e. The van der Waals surface area contributed by atoms with Crippen molar-refractivity contribution in [3.63, 3.8) is 0 Å². The van der Waals surface area contributed by atoms with Gasteiger partial charge in [-0.3, -0.25) is 4.79 Å². The predicted molar refractivity (Wildman–Crippen MR) is 71.8 cm³/mol. The fourth-order valence-electron chi connectivity index (χ4n) is 2.20. The second kappa shape index (κ2) is 5.13. The minimum Gasteiger partial charge on any atom is -0.447 e. The topological polar surface area (TPSA) is 65.0 Å². The molecule has 0 spiro atoms. The molecule has 2 aromatic carbocycles. The van der Waals surface area contributed by atoms with Gasteiger partial charge in [0.05, 0.1) is 5.56 Å². The lowest BCUT2D eigenvalue weighted by atomic mass is 10.1. The van der Waals surface area contributed by atoms with E-state index >= 15 is 0 Å². The number of carbonyl (C=O) groups is 1. The third-order valence-corrected chi connectivity index (χ3v) is 3.14. The zero-order chi connectivity index (χ0) is 13.9. The Morgan fingerprint density at radius 2 is 1.95 bits per heavy atom. The van der Waals surface area contributed by atoms with Crippen molar-refractivity contribution in [3.05, 3.63) is 64.1 Å². The van der Waals surface area contributed by atoms with Gasteiger partial charge in [0.15, 0.2) is 17.8 Å². The van der Waals surface area contributed by atoms with E-state index in [1.54, 1.807) is 24.3 Å². The van der Waals surface area contributed by atoms with E-state index in [2.05, 4.69) is 5.18 Å². The first-order valence-corrected chi connectivity index (χ1v) is 6.12. The second-order valence-corrected chi connectivity index (χ2v) is 4.35. The third-order valence-electron chi connectivity index (χ3n) is 3.14. The van der Waals surface area contributed by atoms with Crippen molar-refractivity contribution in [1.29, 1.82) is 0 Å². The molecular weight excluding hydrogens is 258 g/mol. The molecule has 0 amide bonds. The molecule has 0 radical (unpaired) electrons. The monoisotopic (exact) mass is 269 g/mol. The summed E-state index contributed by atoms with van der Waals surface area (Å²) in [5.41, 5.74) is 1.92. The van der Waals surface area contributed by atoms with Gasteiger partial charge in [0.2, 0.25) is 0 Å². The van der Waals surface area contributed by atoms with Gasteiger partial charge in [-0.1, -0.05) is 35.5 Å². The van der Waals surface area contributed by atoms with E-state index in [1.165, 1.54) is 0 Å². The van der Waals surface area contributed by atoms with Gasteiger partial charge >= 0.3 is 0 Å². The van der Waals surface area contributed by atoms with Gasteiger partial charge in [0.1, 0.15) is 6.54 Å². The molecule has 5 heteroatoms. The smallest absolute Gasteiger partial charge is 0.268 e. The van der Waals surface area contributed by atoms with Gasteiger partial charge in [-0.2, -0.15) is 4.91 Å². The number of aldehydes is 1. The van der Waals surface area contributed by atoms with E-state index in [0.717, 1.165) is 17.4 Å². The molecule has 0 saturated heterocycles. The number of ether oxygens (including phenoxy) is 2. The molecular formula is C15H11NO4. The fraction of sp³-hybridized carbons (Fsp3) is 0.133. The predicted octanol–water partition coefficient (Wildman–Crippen LogP) is 3.24. The van der Waals surface area contributed by atoms with E-state index in [-0.39, 0.29) is 6.54 Å². The summed E-state index contributed by atoms with van der Waals surface area (Å²) in [7, 11) is 0. The summed E-state index contributed by atoms with van der Waals surface area (Å²) in [5.74, 6) is 0.954. The minimum atomic E-state index is -0.663. The van der Waals surface area contributed by atoms with Crippen molar-refractivity contribution in [1.82, 2.24) is 0 Å². The maximum atomic E-state index is 11.0. The lowest BCUT2D eigenvalue weighted by Gasteiger charge is -2.13. The minimum absolute atomic E-state index is 0.0519. The Morgan fingerprint density at radius 3 is 2.75 bits per heavy atom. The number of benzene rings is 2. The first-order chi connectivity index (χ1) is 9.83. The molecule has 20 heavy (non-hydrogen) atoms. The molecule has 0 aromatic heterocycles. The molecule has 0 N–H and O–H groups in total. The van der Waals surface area contributed by atoms with E-state index in [1.807, 2.05) is 18.2 Å². The van der Waals surface area contributed by atoms with Crippen LogP contribution in [-0.4, -0.2) is 6.29 Å². The standard InChI is InChI=1S/C15H11NO4/c17-9-11-5-3-7-13-14(11)20-15(19-13)12-6-2-1-4-10(12)8-16-18/h1-7,9,15H,8H2. The second-order valence-electron chi connectivity index (χ2n) is 4.35. The Kier molecular flexibility index (Phi) is 3.16. The van der Waals surface area contributed by atoms with Crippen LogP contribution in [0.1, 0.15) is 27.8 Å². The van der Waals surface area contributed by atoms with Crippen LogP contribution < -0.4 is 9.47 Å². The van der Waals surface area contributed by atoms with Gasteiger partial charge in [-0.25, -0.2) is 0 Å². The van der Waals surface area contributed by atoms with Crippen LogP contribution in [-0.2, 0) is 6.54 Å². The van der Waals surface area contributed by atoms with E-state index < -0.39 is 6.29 Å². The molecule has 1 aliphatic heterocycles. The van der Waals surface area contributed by atoms with Crippen LogP contribution >= 0.6 is 0 Å². The van der Waals surface area contributed by atoms with Gasteiger partial charge in [0, 0.05) is 5.56 Å². The third kappa shape index (κ3) is 2.03. The number of hydrogen-bond acceptors (Lipinski definition) is 5. The molecule has 1 heterocycles. The Balaban J connectivity index is 1.96. The summed E-state index contributed by atoms with van der Waals surface area (Å²) < 4.78 is 11.4. The van der Waals surface area contributed by atoms with Crippen LogP contribution in [0.4, 0.5) is 0 Å². The van der Waals surface area contributed by atoms with Crippen LogP contribution in [0.25, 0.3) is 0 Å². The molecule has 5 nitrogen and oxygen atoms in total. The number of hydrogen-bond donors (Lipinski definition) is 0. The molecule has 100 valence electrons.